The summed E-state index contributed by atoms with van der Waals surface area (Å²) >= 11 is 0. The van der Waals surface area contributed by atoms with Crippen molar-refractivity contribution in [2.45, 2.75) is 64.5 Å². The van der Waals surface area contributed by atoms with Crippen LogP contribution in [-0.2, 0) is 0 Å². The first-order valence-electron chi connectivity index (χ1n) is 8.53. The summed E-state index contributed by atoms with van der Waals surface area (Å²) < 4.78 is 0. The normalized spacial score (nSPS) is 27.2. The van der Waals surface area contributed by atoms with Gasteiger partial charge in [-0.15, -0.1) is 0 Å². The minimum absolute atomic E-state index is 0.736. The van der Waals surface area contributed by atoms with E-state index in [-0.39, 0.29) is 0 Å². The van der Waals surface area contributed by atoms with Gasteiger partial charge in [0.2, 0.25) is 0 Å². The van der Waals surface area contributed by atoms with Crippen LogP contribution in [0.1, 0.15) is 52.4 Å². The zero-order valence-corrected chi connectivity index (χ0v) is 13.0. The molecule has 112 valence electrons. The maximum absolute atomic E-state index is 3.59. The molecule has 2 unspecified atom stereocenters. The predicted molar refractivity (Wildman–Crippen MR) is 82.6 cm³/mol. The average Bonchev–Trinajstić information content (AvgIpc) is 2.76. The average molecular weight is 267 g/mol. The summed E-state index contributed by atoms with van der Waals surface area (Å²) in [4.78, 5) is 5.46. The van der Waals surface area contributed by atoms with Crippen LogP contribution in [-0.4, -0.2) is 61.2 Å². The molecular weight excluding hydrogens is 234 g/mol. The highest BCUT2D eigenvalue weighted by Crippen LogP contribution is 2.21. The Hall–Kier alpha value is -0.120. The fourth-order valence-electron chi connectivity index (χ4n) is 3.79. The Kier molecular flexibility index (Phi) is 6.62. The Morgan fingerprint density at radius 1 is 1.16 bits per heavy atom. The van der Waals surface area contributed by atoms with Gasteiger partial charge in [-0.2, -0.15) is 0 Å². The molecule has 0 radical (unpaired) electrons. The third kappa shape index (κ3) is 4.73. The minimum atomic E-state index is 0.736. The van der Waals surface area contributed by atoms with E-state index in [9.17, 15) is 0 Å². The van der Waals surface area contributed by atoms with E-state index in [1.165, 1.54) is 71.2 Å². The molecule has 2 fully saturated rings. The van der Waals surface area contributed by atoms with E-state index in [0.29, 0.717) is 0 Å². The van der Waals surface area contributed by atoms with E-state index in [2.05, 4.69) is 29.0 Å². The summed E-state index contributed by atoms with van der Waals surface area (Å²) in [5, 5.41) is 3.59. The second kappa shape index (κ2) is 8.23. The van der Waals surface area contributed by atoms with Crippen molar-refractivity contribution in [3.63, 3.8) is 0 Å². The SMILES string of the molecule is CCNC(CC)CCCN1CCCN2CCCC2C1. The predicted octanol–water partition coefficient (Wildman–Crippen LogP) is 2.32. The van der Waals surface area contributed by atoms with Crippen LogP contribution < -0.4 is 5.32 Å². The van der Waals surface area contributed by atoms with Crippen LogP contribution in [0.25, 0.3) is 0 Å². The summed E-state index contributed by atoms with van der Waals surface area (Å²) in [6, 6.07) is 1.61. The van der Waals surface area contributed by atoms with Gasteiger partial charge in [-0.3, -0.25) is 4.90 Å². The van der Waals surface area contributed by atoms with E-state index >= 15 is 0 Å². The Balaban J connectivity index is 1.67. The molecule has 19 heavy (non-hydrogen) atoms. The lowest BCUT2D eigenvalue weighted by atomic mass is 10.1. The highest BCUT2D eigenvalue weighted by atomic mass is 15.3. The van der Waals surface area contributed by atoms with Crippen molar-refractivity contribution >= 4 is 0 Å². The van der Waals surface area contributed by atoms with Gasteiger partial charge in [0.15, 0.2) is 0 Å². The molecule has 2 aliphatic heterocycles. The van der Waals surface area contributed by atoms with Crippen LogP contribution in [0.5, 0.6) is 0 Å². The van der Waals surface area contributed by atoms with E-state index in [0.717, 1.165) is 18.6 Å². The molecule has 2 rings (SSSR count). The number of nitrogens with zero attached hydrogens (tertiary/aromatic N) is 2. The lowest BCUT2D eigenvalue weighted by Gasteiger charge is -2.26. The number of hydrogen-bond donors (Lipinski definition) is 1. The van der Waals surface area contributed by atoms with Gasteiger partial charge in [-0.1, -0.05) is 13.8 Å². The van der Waals surface area contributed by atoms with Crippen molar-refractivity contribution in [2.24, 2.45) is 0 Å². The van der Waals surface area contributed by atoms with E-state index in [4.69, 9.17) is 0 Å². The van der Waals surface area contributed by atoms with E-state index in [1.807, 2.05) is 0 Å². The number of fused-ring (bicyclic) bond motifs is 1. The van der Waals surface area contributed by atoms with Crippen LogP contribution in [0.15, 0.2) is 0 Å². The fraction of sp³-hybridized carbons (Fsp3) is 1.00. The van der Waals surface area contributed by atoms with Gasteiger partial charge in [-0.05, 0) is 71.2 Å². The summed E-state index contributed by atoms with van der Waals surface area (Å²) in [5.41, 5.74) is 0. The first kappa shape index (κ1) is 15.3. The topological polar surface area (TPSA) is 18.5 Å². The Bertz CT molecular complexity index is 244. The van der Waals surface area contributed by atoms with E-state index in [1.54, 1.807) is 0 Å². The molecule has 0 aromatic rings. The minimum Gasteiger partial charge on any atom is -0.314 e. The first-order chi connectivity index (χ1) is 9.33. The molecule has 0 aromatic carbocycles. The van der Waals surface area contributed by atoms with Gasteiger partial charge >= 0.3 is 0 Å². The van der Waals surface area contributed by atoms with Crippen molar-refractivity contribution in [3.05, 3.63) is 0 Å². The van der Waals surface area contributed by atoms with Crippen LogP contribution in [0.2, 0.25) is 0 Å². The molecule has 0 bridgehead atoms. The zero-order valence-electron chi connectivity index (χ0n) is 13.0. The van der Waals surface area contributed by atoms with Gasteiger partial charge in [0.05, 0.1) is 0 Å². The highest BCUT2D eigenvalue weighted by Gasteiger charge is 2.28. The van der Waals surface area contributed by atoms with Crippen molar-refractivity contribution in [3.8, 4) is 0 Å². The largest absolute Gasteiger partial charge is 0.314 e. The second-order valence-corrected chi connectivity index (χ2v) is 6.29. The molecule has 3 nitrogen and oxygen atoms in total. The molecule has 0 saturated carbocycles. The van der Waals surface area contributed by atoms with E-state index < -0.39 is 0 Å². The molecule has 0 amide bonds. The van der Waals surface area contributed by atoms with Crippen molar-refractivity contribution in [2.75, 3.05) is 39.3 Å². The first-order valence-corrected chi connectivity index (χ1v) is 8.53. The standard InChI is InChI=1S/C16H33N3/c1-3-15(17-4-2)8-5-10-18-11-7-13-19-12-6-9-16(19)14-18/h15-17H,3-14H2,1-2H3. The summed E-state index contributed by atoms with van der Waals surface area (Å²) in [7, 11) is 0. The van der Waals surface area contributed by atoms with Crippen molar-refractivity contribution in [1.29, 1.82) is 0 Å². The van der Waals surface area contributed by atoms with Crippen LogP contribution in [0.4, 0.5) is 0 Å². The van der Waals surface area contributed by atoms with Crippen molar-refractivity contribution in [1.82, 2.24) is 15.1 Å². The Labute approximate surface area is 119 Å². The maximum Gasteiger partial charge on any atom is 0.0223 e. The molecule has 1 N–H and O–H groups in total. The molecule has 0 spiro atoms. The summed E-state index contributed by atoms with van der Waals surface area (Å²) in [6.07, 6.45) is 8.21. The van der Waals surface area contributed by atoms with Gasteiger partial charge in [-0.25, -0.2) is 0 Å². The van der Waals surface area contributed by atoms with Crippen LogP contribution in [0.3, 0.4) is 0 Å². The maximum atomic E-state index is 3.59. The monoisotopic (exact) mass is 267 g/mol. The van der Waals surface area contributed by atoms with Gasteiger partial charge in [0.1, 0.15) is 0 Å². The lowest BCUT2D eigenvalue weighted by molar-refractivity contribution is 0.216. The second-order valence-electron chi connectivity index (χ2n) is 6.29. The van der Waals surface area contributed by atoms with Gasteiger partial charge in [0, 0.05) is 18.6 Å². The highest BCUT2D eigenvalue weighted by molar-refractivity contribution is 4.85. The van der Waals surface area contributed by atoms with Gasteiger partial charge in [0.25, 0.3) is 0 Å². The number of rotatable bonds is 7. The summed E-state index contributed by atoms with van der Waals surface area (Å²) in [5.74, 6) is 0. The zero-order chi connectivity index (χ0) is 13.5. The Morgan fingerprint density at radius 2 is 2.00 bits per heavy atom. The summed E-state index contributed by atoms with van der Waals surface area (Å²) in [6.45, 7) is 12.3. The molecule has 0 aliphatic carbocycles. The molecule has 0 aromatic heterocycles. The fourth-order valence-corrected chi connectivity index (χ4v) is 3.79. The van der Waals surface area contributed by atoms with Crippen molar-refractivity contribution < 1.29 is 0 Å². The molecule has 2 saturated heterocycles. The molecule has 2 atom stereocenters. The molecule has 2 aliphatic rings. The van der Waals surface area contributed by atoms with Crippen LogP contribution in [0, 0.1) is 0 Å². The third-order valence-corrected chi connectivity index (χ3v) is 4.90. The lowest BCUT2D eigenvalue weighted by Crippen LogP contribution is -2.37. The third-order valence-electron chi connectivity index (χ3n) is 4.90. The van der Waals surface area contributed by atoms with Gasteiger partial charge < -0.3 is 10.2 Å². The van der Waals surface area contributed by atoms with Crippen LogP contribution >= 0.6 is 0 Å². The number of nitrogens with one attached hydrogen (secondary N) is 1. The molecular formula is C16H33N3. The molecule has 2 heterocycles. The number of hydrogen-bond acceptors (Lipinski definition) is 3. The molecule has 3 heteroatoms. The smallest absolute Gasteiger partial charge is 0.0223 e. The quantitative estimate of drug-likeness (QED) is 0.764. The Morgan fingerprint density at radius 3 is 2.79 bits per heavy atom.